The van der Waals surface area contributed by atoms with Crippen LogP contribution in [0.5, 0.6) is 0 Å². The maximum Gasteiger partial charge on any atom is 0.344 e. The third-order valence-electron chi connectivity index (χ3n) is 7.50. The lowest BCUT2D eigenvalue weighted by atomic mass is 9.49. The summed E-state index contributed by atoms with van der Waals surface area (Å²) in [5.41, 5.74) is -0.851. The Morgan fingerprint density at radius 1 is 1.00 bits per heavy atom. The van der Waals surface area contributed by atoms with Crippen LogP contribution >= 0.6 is 0 Å². The van der Waals surface area contributed by atoms with Gasteiger partial charge in [-0.05, 0) is 88.9 Å². The van der Waals surface area contributed by atoms with Crippen LogP contribution in [0.25, 0.3) is 0 Å². The Balaban J connectivity index is 1.66. The molecule has 0 radical (unpaired) electrons. The first-order chi connectivity index (χ1) is 12.3. The van der Waals surface area contributed by atoms with Crippen molar-refractivity contribution in [3.63, 3.8) is 0 Å². The Labute approximate surface area is 158 Å². The van der Waals surface area contributed by atoms with Crippen LogP contribution in [0.3, 0.4) is 0 Å². The topological polar surface area (TPSA) is 52.6 Å². The molecule has 0 aromatic carbocycles. The molecule has 0 atom stereocenters. The van der Waals surface area contributed by atoms with Gasteiger partial charge in [0.05, 0.1) is 5.41 Å². The Bertz CT molecular complexity index is 508. The second-order valence-corrected chi connectivity index (χ2v) is 9.65. The minimum Gasteiger partial charge on any atom is -0.456 e. The van der Waals surface area contributed by atoms with E-state index in [4.69, 9.17) is 9.47 Å². The number of carbonyl (C=O) groups is 2. The molecule has 0 aromatic rings. The number of unbranched alkanes of at least 4 members (excludes halogenated alkanes) is 1. The van der Waals surface area contributed by atoms with Gasteiger partial charge in [0, 0.05) is 0 Å². The summed E-state index contributed by atoms with van der Waals surface area (Å²) in [6.45, 7) is 7.60. The largest absolute Gasteiger partial charge is 0.456 e. The van der Waals surface area contributed by atoms with Gasteiger partial charge in [0.1, 0.15) is 5.60 Å². The summed E-state index contributed by atoms with van der Waals surface area (Å²) < 4.78 is 11.5. The maximum atomic E-state index is 12.6. The van der Waals surface area contributed by atoms with Crippen LogP contribution in [0.4, 0.5) is 0 Å². The summed E-state index contributed by atoms with van der Waals surface area (Å²) in [4.78, 5) is 24.8. The molecule has 0 aromatic heterocycles. The third kappa shape index (κ3) is 3.66. The zero-order valence-electron chi connectivity index (χ0n) is 17.0. The molecule has 4 aliphatic carbocycles. The normalized spacial score (nSPS) is 35.4. The Kier molecular flexibility index (Phi) is 5.69. The molecular formula is C22H36O4. The molecule has 0 amide bonds. The fraction of sp³-hybridized carbons (Fsp3) is 0.909. The average molecular weight is 365 g/mol. The van der Waals surface area contributed by atoms with Crippen molar-refractivity contribution >= 4 is 11.9 Å². The van der Waals surface area contributed by atoms with E-state index < -0.39 is 5.41 Å². The van der Waals surface area contributed by atoms with Gasteiger partial charge < -0.3 is 9.47 Å². The second kappa shape index (κ2) is 7.52. The average Bonchev–Trinajstić information content (AvgIpc) is 2.61. The van der Waals surface area contributed by atoms with E-state index >= 15 is 0 Å². The molecule has 4 bridgehead atoms. The lowest BCUT2D eigenvalue weighted by molar-refractivity contribution is -0.216. The Morgan fingerprint density at radius 2 is 1.58 bits per heavy atom. The molecule has 0 N–H and O–H groups in total. The Morgan fingerprint density at radius 3 is 2.08 bits per heavy atom. The number of carbonyl (C=O) groups excluding carboxylic acids is 2. The van der Waals surface area contributed by atoms with Crippen molar-refractivity contribution in [2.24, 2.45) is 29.1 Å². The zero-order chi connectivity index (χ0) is 18.9. The summed E-state index contributed by atoms with van der Waals surface area (Å²) in [6, 6.07) is 0. The monoisotopic (exact) mass is 364 g/mol. The smallest absolute Gasteiger partial charge is 0.344 e. The molecule has 0 heterocycles. The molecule has 4 aliphatic rings. The predicted molar refractivity (Wildman–Crippen MR) is 100 cm³/mol. The van der Waals surface area contributed by atoms with Crippen LogP contribution in [0.1, 0.15) is 85.5 Å². The van der Waals surface area contributed by atoms with Crippen LogP contribution < -0.4 is 0 Å². The fourth-order valence-corrected chi connectivity index (χ4v) is 5.77. The van der Waals surface area contributed by atoms with Gasteiger partial charge in [0.25, 0.3) is 0 Å². The fourth-order valence-electron chi connectivity index (χ4n) is 5.77. The lowest BCUT2D eigenvalue weighted by Crippen LogP contribution is -2.60. The molecule has 148 valence electrons. The summed E-state index contributed by atoms with van der Waals surface area (Å²) in [5.74, 6) is 2.04. The summed E-state index contributed by atoms with van der Waals surface area (Å²) in [5, 5.41) is 0. The van der Waals surface area contributed by atoms with Crippen molar-refractivity contribution in [2.75, 3.05) is 6.61 Å². The zero-order valence-corrected chi connectivity index (χ0v) is 17.0. The second-order valence-electron chi connectivity index (χ2n) is 9.65. The van der Waals surface area contributed by atoms with E-state index in [9.17, 15) is 9.59 Å². The lowest BCUT2D eigenvalue weighted by Gasteiger charge is -2.60. The van der Waals surface area contributed by atoms with Gasteiger partial charge >= 0.3 is 11.9 Å². The highest BCUT2D eigenvalue weighted by Crippen LogP contribution is 2.61. The highest BCUT2D eigenvalue weighted by molar-refractivity contribution is 5.80. The predicted octanol–water partition coefficient (Wildman–Crippen LogP) is 4.89. The molecule has 4 heteroatoms. The van der Waals surface area contributed by atoms with Gasteiger partial charge in [-0.25, -0.2) is 4.79 Å². The van der Waals surface area contributed by atoms with E-state index in [1.807, 2.05) is 20.8 Å². The highest BCUT2D eigenvalue weighted by atomic mass is 16.6. The molecular weight excluding hydrogens is 328 g/mol. The van der Waals surface area contributed by atoms with Gasteiger partial charge in [0.2, 0.25) is 0 Å². The van der Waals surface area contributed by atoms with Crippen molar-refractivity contribution in [2.45, 2.75) is 91.1 Å². The van der Waals surface area contributed by atoms with E-state index in [-0.39, 0.29) is 24.1 Å². The number of hydrogen-bond acceptors (Lipinski definition) is 4. The molecule has 0 saturated heterocycles. The molecule has 26 heavy (non-hydrogen) atoms. The first-order valence-corrected chi connectivity index (χ1v) is 10.7. The minimum absolute atomic E-state index is 0.248. The van der Waals surface area contributed by atoms with E-state index in [2.05, 4.69) is 6.92 Å². The van der Waals surface area contributed by atoms with Crippen molar-refractivity contribution in [1.82, 2.24) is 0 Å². The van der Waals surface area contributed by atoms with Gasteiger partial charge in [0.15, 0.2) is 6.61 Å². The SMILES string of the molecule is CCCCC1(OC(=O)COC(=O)C(C)(C)CC)C2CC3CC(C2)CC1C3. The first-order valence-electron chi connectivity index (χ1n) is 10.7. The summed E-state index contributed by atoms with van der Waals surface area (Å²) in [6.07, 6.45) is 10.1. The van der Waals surface area contributed by atoms with Gasteiger partial charge in [-0.15, -0.1) is 0 Å². The molecule has 4 fully saturated rings. The number of rotatable bonds is 8. The van der Waals surface area contributed by atoms with Crippen LogP contribution in [-0.2, 0) is 19.1 Å². The molecule has 0 aliphatic heterocycles. The van der Waals surface area contributed by atoms with Crippen molar-refractivity contribution in [1.29, 1.82) is 0 Å². The maximum absolute atomic E-state index is 12.6. The van der Waals surface area contributed by atoms with Crippen LogP contribution in [0.2, 0.25) is 0 Å². The quantitative estimate of drug-likeness (QED) is 0.575. The summed E-state index contributed by atoms with van der Waals surface area (Å²) in [7, 11) is 0. The van der Waals surface area contributed by atoms with Gasteiger partial charge in [-0.1, -0.05) is 20.3 Å². The van der Waals surface area contributed by atoms with E-state index in [0.29, 0.717) is 18.3 Å². The molecule has 0 unspecified atom stereocenters. The first kappa shape index (κ1) is 19.7. The Hall–Kier alpha value is -1.06. The third-order valence-corrected chi connectivity index (χ3v) is 7.50. The van der Waals surface area contributed by atoms with Gasteiger partial charge in [-0.3, -0.25) is 4.79 Å². The molecule has 4 saturated carbocycles. The van der Waals surface area contributed by atoms with Crippen molar-refractivity contribution in [3.8, 4) is 0 Å². The summed E-state index contributed by atoms with van der Waals surface area (Å²) >= 11 is 0. The molecule has 4 nitrogen and oxygen atoms in total. The van der Waals surface area contributed by atoms with Crippen molar-refractivity contribution < 1.29 is 19.1 Å². The van der Waals surface area contributed by atoms with Crippen LogP contribution in [0, 0.1) is 29.1 Å². The van der Waals surface area contributed by atoms with E-state index in [1.54, 1.807) is 0 Å². The van der Waals surface area contributed by atoms with Crippen LogP contribution in [-0.4, -0.2) is 24.1 Å². The molecule has 0 spiro atoms. The highest BCUT2D eigenvalue weighted by Gasteiger charge is 2.59. The number of ether oxygens (including phenoxy) is 2. The van der Waals surface area contributed by atoms with E-state index in [0.717, 1.165) is 31.1 Å². The van der Waals surface area contributed by atoms with Crippen LogP contribution in [0.15, 0.2) is 0 Å². The minimum atomic E-state index is -0.553. The van der Waals surface area contributed by atoms with Crippen molar-refractivity contribution in [3.05, 3.63) is 0 Å². The standard InChI is InChI=1S/C22H36O4/c1-5-7-8-22(17-10-15-9-16(12-17)13-18(22)11-15)26-19(23)14-25-20(24)21(3,4)6-2/h15-18H,5-14H2,1-4H3. The van der Waals surface area contributed by atoms with Gasteiger partial charge in [-0.2, -0.15) is 0 Å². The number of hydrogen-bond donors (Lipinski definition) is 0. The van der Waals surface area contributed by atoms with E-state index in [1.165, 1.54) is 32.1 Å². The molecule has 4 rings (SSSR count). The number of esters is 2.